The molecule has 0 saturated carbocycles. The molecule has 0 saturated heterocycles. The Hall–Kier alpha value is -19.7. The van der Waals surface area contributed by atoms with Crippen LogP contribution in [0.1, 0.15) is 0 Å². The van der Waals surface area contributed by atoms with Crippen LogP contribution < -0.4 is 0 Å². The molecule has 3 aliphatic rings. The molecular formula is C144H87N5. The van der Waals surface area contributed by atoms with Gasteiger partial charge in [0.2, 0.25) is 0 Å². The van der Waals surface area contributed by atoms with Gasteiger partial charge in [0.05, 0.1) is 55.2 Å². The van der Waals surface area contributed by atoms with E-state index < -0.39 is 0 Å². The molecule has 0 spiro atoms. The number of fused-ring (bicyclic) bond motifs is 28. The topological polar surface area (TPSA) is 24.6 Å². The first-order valence-corrected chi connectivity index (χ1v) is 51.6. The van der Waals surface area contributed by atoms with Crippen LogP contribution >= 0.6 is 0 Å². The minimum atomic E-state index is 1.16. The number of para-hydroxylation sites is 6. The average molecular weight is 1890 g/mol. The van der Waals surface area contributed by atoms with Crippen LogP contribution in [0.2, 0.25) is 0 Å². The molecular weight excluding hydrogens is 1800 g/mol. The zero-order chi connectivity index (χ0) is 97.3. The Labute approximate surface area is 857 Å². The molecule has 5 heterocycles. The SMILES string of the molecule is c1cc(-c2cc3c4c(cccc4c2)-c2ccccc2-3)cc(-n2c3ccccc3c3cc(-n4c5ccccc5c5cc6ccccc6cc54)ccc32)c1.c1cc(-c2cc3c4c(cccc4c2)-c2ccccc2-3)cc(-n2c3ccccc3c3cc(-n4c5ccccc5c5ccc6ccccc6c54)ccc32)c1.c1ccc(-n2c3ccccc3c3cc4cc(-c5cccc(-c6cc7c8c(cccc8c6)-c6ccccc6-7)c5)ccc4cc32)cc1. The Balaban J connectivity index is 0.0000000992. The minimum Gasteiger partial charge on any atom is -0.309 e. The highest BCUT2D eigenvalue weighted by Gasteiger charge is 2.29. The molecule has 0 radical (unpaired) electrons. The van der Waals surface area contributed by atoms with Crippen LogP contribution in [0.3, 0.4) is 0 Å². The molecule has 0 N–H and O–H groups in total. The van der Waals surface area contributed by atoms with Gasteiger partial charge in [0.25, 0.3) is 0 Å². The van der Waals surface area contributed by atoms with Crippen LogP contribution in [0.25, 0.3) is 313 Å². The van der Waals surface area contributed by atoms with E-state index in [0.717, 1.165) is 11.4 Å². The van der Waals surface area contributed by atoms with Gasteiger partial charge in [-0.25, -0.2) is 0 Å². The number of nitrogens with zero attached hydrogens (tertiary/aromatic N) is 5. The van der Waals surface area contributed by atoms with Crippen LogP contribution in [0.4, 0.5) is 0 Å². The van der Waals surface area contributed by atoms with E-state index in [1.165, 1.54) is 302 Å². The third-order valence-electron chi connectivity index (χ3n) is 32.4. The zero-order valence-electron chi connectivity index (χ0n) is 81.0. The summed E-state index contributed by atoms with van der Waals surface area (Å²) in [7, 11) is 0. The molecule has 3 aliphatic carbocycles. The maximum atomic E-state index is 2.46. The molecule has 0 fully saturated rings. The summed E-state index contributed by atoms with van der Waals surface area (Å²) >= 11 is 0. The molecule has 0 aliphatic heterocycles. The summed E-state index contributed by atoms with van der Waals surface area (Å²) in [5.74, 6) is 0. The second-order valence-electron chi connectivity index (χ2n) is 40.4. The van der Waals surface area contributed by atoms with Crippen molar-refractivity contribution in [3.05, 3.63) is 528 Å². The molecule has 149 heavy (non-hydrogen) atoms. The van der Waals surface area contributed by atoms with Crippen molar-refractivity contribution < 1.29 is 0 Å². The van der Waals surface area contributed by atoms with E-state index in [-0.39, 0.29) is 0 Å². The van der Waals surface area contributed by atoms with E-state index in [2.05, 4.69) is 551 Å². The van der Waals surface area contributed by atoms with Crippen LogP contribution in [0.15, 0.2) is 528 Å². The van der Waals surface area contributed by atoms with Crippen molar-refractivity contribution in [3.8, 4) is 140 Å². The summed E-state index contributed by atoms with van der Waals surface area (Å²) in [6, 6.07) is 195. The largest absolute Gasteiger partial charge is 0.309 e. The molecule has 688 valence electrons. The van der Waals surface area contributed by atoms with Gasteiger partial charge in [-0.3, -0.25) is 0 Å². The van der Waals surface area contributed by atoms with E-state index in [1.54, 1.807) is 0 Å². The Morgan fingerprint density at radius 2 is 0.383 bits per heavy atom. The van der Waals surface area contributed by atoms with Gasteiger partial charge in [-0.2, -0.15) is 0 Å². The smallest absolute Gasteiger partial charge is 0.0619 e. The summed E-state index contributed by atoms with van der Waals surface area (Å²) in [6.07, 6.45) is 0. The van der Waals surface area contributed by atoms with Crippen molar-refractivity contribution >= 4 is 174 Å². The first-order valence-electron chi connectivity index (χ1n) is 51.6. The third-order valence-corrected chi connectivity index (χ3v) is 32.4. The lowest BCUT2D eigenvalue weighted by Crippen LogP contribution is -1.96. The van der Waals surface area contributed by atoms with Gasteiger partial charge in [-0.05, 0) is 346 Å². The fraction of sp³-hybridized carbons (Fsp3) is 0. The molecule has 5 aromatic heterocycles. The predicted octanol–water partition coefficient (Wildman–Crippen LogP) is 39.1. The second kappa shape index (κ2) is 32.4. The first kappa shape index (κ1) is 82.8. The van der Waals surface area contributed by atoms with E-state index in [4.69, 9.17) is 0 Å². The quantitative estimate of drug-likeness (QED) is 0.138. The van der Waals surface area contributed by atoms with Crippen LogP contribution in [0.5, 0.6) is 0 Å². The number of hydrogen-bond donors (Lipinski definition) is 0. The number of aromatic nitrogens is 5. The standard InChI is InChI=1S/2C50H30N2.C44H27N/c1-2-15-37-31(11-1)23-25-43-40-18-5-8-22-47(40)52(50(37)43)36-24-26-48-44(30-36)41-19-6-7-21-46(41)51(48)35-14-9-12-32(28-35)34-27-33-13-10-20-42-38-16-3-4-17-39(38)45(29-34)49(33)42;1-2-12-33-29-49-43(27-32(33)11-1)40-18-5-8-22-47(40)52(49)37-23-24-48-44(30-37)41-19-6-7-21-46(41)51(48)36-15-9-13-31(26-36)35-25-34-14-10-20-42-38-16-3-4-17-39(38)45(28-35)50(34)42;1-2-13-35(14-3-1)45-42-19-7-6-17-38(42)40-25-33-23-30(20-21-31(33)27-43(40)45)28-10-8-11-29(22-28)34-24-32-12-9-18-39-36-15-4-5-16-37(36)41(26-34)44(32)39/h2*1-30H;1-27H. The Bertz CT molecular complexity index is 11200. The Kier molecular flexibility index (Phi) is 18.0. The number of benzene rings is 26. The number of hydrogen-bond acceptors (Lipinski definition) is 0. The Morgan fingerprint density at radius 3 is 0.852 bits per heavy atom. The minimum absolute atomic E-state index is 1.16. The molecule has 26 aromatic carbocycles. The van der Waals surface area contributed by atoms with Crippen molar-refractivity contribution in [2.75, 3.05) is 0 Å². The summed E-state index contributed by atoms with van der Waals surface area (Å²) in [4.78, 5) is 0. The van der Waals surface area contributed by atoms with Crippen LogP contribution in [-0.4, -0.2) is 22.8 Å². The molecule has 0 unspecified atom stereocenters. The second-order valence-corrected chi connectivity index (χ2v) is 40.4. The fourth-order valence-corrected chi connectivity index (χ4v) is 25.9. The first-order chi connectivity index (χ1) is 73.9. The highest BCUT2D eigenvalue weighted by Crippen LogP contribution is 2.55. The van der Waals surface area contributed by atoms with Gasteiger partial charge in [-0.15, -0.1) is 0 Å². The van der Waals surface area contributed by atoms with Crippen molar-refractivity contribution in [2.45, 2.75) is 0 Å². The molecule has 34 rings (SSSR count). The lowest BCUT2D eigenvalue weighted by atomic mass is 9.93. The van der Waals surface area contributed by atoms with Crippen LogP contribution in [0, 0.1) is 0 Å². The summed E-state index contributed by atoms with van der Waals surface area (Å²) in [6.45, 7) is 0. The molecule has 31 aromatic rings. The van der Waals surface area contributed by atoms with Gasteiger partial charge in [0, 0.05) is 87.7 Å². The van der Waals surface area contributed by atoms with Crippen molar-refractivity contribution in [1.82, 2.24) is 22.8 Å². The maximum Gasteiger partial charge on any atom is 0.0619 e. The number of rotatable bonds is 9. The van der Waals surface area contributed by atoms with E-state index in [9.17, 15) is 0 Å². The van der Waals surface area contributed by atoms with E-state index in [1.807, 2.05) is 0 Å². The van der Waals surface area contributed by atoms with E-state index in [0.29, 0.717) is 0 Å². The highest BCUT2D eigenvalue weighted by atomic mass is 15.0. The predicted molar refractivity (Wildman–Crippen MR) is 631 cm³/mol. The van der Waals surface area contributed by atoms with Crippen molar-refractivity contribution in [3.63, 3.8) is 0 Å². The third kappa shape index (κ3) is 12.6. The summed E-state index contributed by atoms with van der Waals surface area (Å²) in [5.41, 5.74) is 43.8. The lowest BCUT2D eigenvalue weighted by Gasteiger charge is -2.13. The van der Waals surface area contributed by atoms with Gasteiger partial charge < -0.3 is 22.8 Å². The molecule has 0 bridgehead atoms. The Morgan fingerprint density at radius 1 is 0.101 bits per heavy atom. The molecule has 5 heteroatoms. The van der Waals surface area contributed by atoms with Gasteiger partial charge >= 0.3 is 0 Å². The van der Waals surface area contributed by atoms with Gasteiger partial charge in [-0.1, -0.05) is 352 Å². The monoisotopic (exact) mass is 1890 g/mol. The molecule has 0 atom stereocenters. The lowest BCUT2D eigenvalue weighted by molar-refractivity contribution is 1.17. The molecule has 5 nitrogen and oxygen atoms in total. The summed E-state index contributed by atoms with van der Waals surface area (Å²) in [5, 5.41) is 28.1. The maximum absolute atomic E-state index is 2.46. The average Bonchev–Trinajstić information content (AvgIpc) is 1.58. The highest BCUT2D eigenvalue weighted by molar-refractivity contribution is 6.24. The van der Waals surface area contributed by atoms with Crippen molar-refractivity contribution in [1.29, 1.82) is 0 Å². The van der Waals surface area contributed by atoms with Gasteiger partial charge in [0.1, 0.15) is 0 Å². The normalized spacial score (nSPS) is 12.2. The van der Waals surface area contributed by atoms with E-state index >= 15 is 0 Å². The zero-order valence-corrected chi connectivity index (χ0v) is 81.0. The summed E-state index contributed by atoms with van der Waals surface area (Å²) < 4.78 is 12.2. The van der Waals surface area contributed by atoms with Crippen LogP contribution in [-0.2, 0) is 0 Å². The molecule has 0 amide bonds. The fourth-order valence-electron chi connectivity index (χ4n) is 25.9. The van der Waals surface area contributed by atoms with Gasteiger partial charge in [0.15, 0.2) is 0 Å². The van der Waals surface area contributed by atoms with Crippen molar-refractivity contribution in [2.24, 2.45) is 0 Å².